The minimum Gasteiger partial charge on any atom is -0.378 e. The Kier molecular flexibility index (Phi) is 5.33. The van der Waals surface area contributed by atoms with Crippen molar-refractivity contribution in [3.63, 3.8) is 0 Å². The first-order chi connectivity index (χ1) is 8.10. The third kappa shape index (κ3) is 3.65. The van der Waals surface area contributed by atoms with Crippen LogP contribution in [-0.2, 0) is 14.3 Å². The number of nitrogens with zero attached hydrogens (tertiary/aromatic N) is 1. The summed E-state index contributed by atoms with van der Waals surface area (Å²) >= 11 is 0. The van der Waals surface area contributed by atoms with E-state index in [9.17, 15) is 9.59 Å². The van der Waals surface area contributed by atoms with Gasteiger partial charge in [0.1, 0.15) is 6.04 Å². The topological polar surface area (TPSA) is 96.7 Å². The molecule has 0 aliphatic carbocycles. The molecule has 0 bridgehead atoms. The van der Waals surface area contributed by atoms with Crippen LogP contribution in [0.25, 0.3) is 0 Å². The molecule has 0 aromatic carbocycles. The molecule has 2 atom stereocenters. The zero-order valence-corrected chi connectivity index (χ0v) is 10.2. The van der Waals surface area contributed by atoms with Crippen molar-refractivity contribution in [2.45, 2.75) is 13.0 Å². The van der Waals surface area contributed by atoms with E-state index in [0.29, 0.717) is 26.3 Å². The van der Waals surface area contributed by atoms with Crippen LogP contribution in [-0.4, -0.2) is 56.1 Å². The zero-order chi connectivity index (χ0) is 12.8. The molecule has 98 valence electrons. The molecule has 2 unspecified atom stereocenters. The van der Waals surface area contributed by atoms with Gasteiger partial charge in [-0.05, 0) is 0 Å². The minimum absolute atomic E-state index is 0.0925. The van der Waals surface area contributed by atoms with E-state index in [1.807, 2.05) is 4.90 Å². The number of ether oxygens (including phenoxy) is 1. The van der Waals surface area contributed by atoms with Crippen molar-refractivity contribution in [1.29, 1.82) is 0 Å². The molecule has 7 nitrogen and oxygen atoms in total. The molecule has 2 amide bonds. The standard InChI is InChI=1S/C10H20N4O3/c1-7(9(15)13-11)5-14-3-4-17-6-8(14)10(16)12-2/h7-8H,3-6,11H2,1-2H3,(H,12,16)(H,13,15). The van der Waals surface area contributed by atoms with Gasteiger partial charge >= 0.3 is 0 Å². The summed E-state index contributed by atoms with van der Waals surface area (Å²) < 4.78 is 5.28. The van der Waals surface area contributed by atoms with E-state index < -0.39 is 0 Å². The van der Waals surface area contributed by atoms with Crippen molar-refractivity contribution in [2.75, 3.05) is 33.4 Å². The quantitative estimate of drug-likeness (QED) is 0.304. The van der Waals surface area contributed by atoms with Crippen molar-refractivity contribution in [3.05, 3.63) is 0 Å². The van der Waals surface area contributed by atoms with Gasteiger partial charge in [0.05, 0.1) is 13.2 Å². The summed E-state index contributed by atoms with van der Waals surface area (Å²) in [6, 6.07) is -0.332. The molecule has 7 heteroatoms. The number of likely N-dealkylation sites (N-methyl/N-ethyl adjacent to an activating group) is 1. The Hall–Kier alpha value is -1.18. The number of nitrogens with one attached hydrogen (secondary N) is 2. The van der Waals surface area contributed by atoms with Crippen molar-refractivity contribution in [1.82, 2.24) is 15.6 Å². The smallest absolute Gasteiger partial charge is 0.239 e. The lowest BCUT2D eigenvalue weighted by Crippen LogP contribution is -2.55. The van der Waals surface area contributed by atoms with Crippen LogP contribution < -0.4 is 16.6 Å². The summed E-state index contributed by atoms with van der Waals surface area (Å²) in [6.45, 7) is 3.84. The second-order valence-electron chi connectivity index (χ2n) is 4.11. The normalized spacial score (nSPS) is 22.9. The van der Waals surface area contributed by atoms with Crippen LogP contribution in [0.15, 0.2) is 0 Å². The highest BCUT2D eigenvalue weighted by Gasteiger charge is 2.30. The van der Waals surface area contributed by atoms with Crippen LogP contribution >= 0.6 is 0 Å². The van der Waals surface area contributed by atoms with Gasteiger partial charge in [0.15, 0.2) is 0 Å². The predicted octanol–water partition coefficient (Wildman–Crippen LogP) is -1.94. The lowest BCUT2D eigenvalue weighted by molar-refractivity contribution is -0.135. The van der Waals surface area contributed by atoms with Gasteiger partial charge in [-0.1, -0.05) is 6.92 Å². The molecular formula is C10H20N4O3. The highest BCUT2D eigenvalue weighted by atomic mass is 16.5. The summed E-state index contributed by atoms with van der Waals surface area (Å²) in [5.74, 6) is 4.50. The Morgan fingerprint density at radius 1 is 1.59 bits per heavy atom. The number of hydrazine groups is 1. The highest BCUT2D eigenvalue weighted by molar-refractivity contribution is 5.82. The summed E-state index contributed by atoms with van der Waals surface area (Å²) in [5, 5.41) is 2.60. The first-order valence-corrected chi connectivity index (χ1v) is 5.64. The highest BCUT2D eigenvalue weighted by Crippen LogP contribution is 2.10. The van der Waals surface area contributed by atoms with Crippen LogP contribution in [0, 0.1) is 5.92 Å². The van der Waals surface area contributed by atoms with Crippen LogP contribution in [0.1, 0.15) is 6.92 Å². The van der Waals surface area contributed by atoms with Crippen LogP contribution in [0.5, 0.6) is 0 Å². The summed E-state index contributed by atoms with van der Waals surface area (Å²) in [5.41, 5.74) is 2.11. The molecular weight excluding hydrogens is 224 g/mol. The molecule has 1 fully saturated rings. The van der Waals surface area contributed by atoms with Gasteiger partial charge in [-0.2, -0.15) is 0 Å². The average Bonchev–Trinajstić information content (AvgIpc) is 2.37. The molecule has 1 saturated heterocycles. The number of morpholine rings is 1. The SMILES string of the molecule is CNC(=O)C1COCCN1CC(C)C(=O)NN. The summed E-state index contributed by atoms with van der Waals surface area (Å²) in [7, 11) is 1.59. The largest absolute Gasteiger partial charge is 0.378 e. The van der Waals surface area contributed by atoms with E-state index in [-0.39, 0.29) is 23.8 Å². The van der Waals surface area contributed by atoms with Crippen LogP contribution in [0.2, 0.25) is 0 Å². The molecule has 0 aromatic heterocycles. The summed E-state index contributed by atoms with van der Waals surface area (Å²) in [4.78, 5) is 24.9. The van der Waals surface area contributed by atoms with Gasteiger partial charge in [-0.25, -0.2) is 5.84 Å². The van der Waals surface area contributed by atoms with Crippen molar-refractivity contribution in [2.24, 2.45) is 11.8 Å². The Balaban J connectivity index is 2.59. The van der Waals surface area contributed by atoms with Crippen LogP contribution in [0.4, 0.5) is 0 Å². The van der Waals surface area contributed by atoms with E-state index in [4.69, 9.17) is 10.6 Å². The van der Waals surface area contributed by atoms with E-state index in [0.717, 1.165) is 0 Å². The molecule has 0 saturated carbocycles. The molecule has 1 aliphatic rings. The number of hydrogen-bond acceptors (Lipinski definition) is 5. The molecule has 0 radical (unpaired) electrons. The maximum absolute atomic E-state index is 11.6. The fraction of sp³-hybridized carbons (Fsp3) is 0.800. The van der Waals surface area contributed by atoms with Gasteiger partial charge in [0, 0.05) is 26.1 Å². The lowest BCUT2D eigenvalue weighted by atomic mass is 10.1. The Morgan fingerprint density at radius 2 is 2.29 bits per heavy atom. The third-order valence-electron chi connectivity index (χ3n) is 2.89. The Labute approximate surface area is 101 Å². The molecule has 0 spiro atoms. The number of carbonyl (C=O) groups is 2. The number of amides is 2. The average molecular weight is 244 g/mol. The minimum atomic E-state index is -0.332. The molecule has 17 heavy (non-hydrogen) atoms. The third-order valence-corrected chi connectivity index (χ3v) is 2.89. The van der Waals surface area contributed by atoms with E-state index in [1.165, 1.54) is 0 Å². The van der Waals surface area contributed by atoms with Crippen LogP contribution in [0.3, 0.4) is 0 Å². The number of rotatable bonds is 4. The maximum atomic E-state index is 11.6. The molecule has 4 N–H and O–H groups in total. The monoisotopic (exact) mass is 244 g/mol. The maximum Gasteiger partial charge on any atom is 0.239 e. The zero-order valence-electron chi connectivity index (χ0n) is 10.2. The lowest BCUT2D eigenvalue weighted by Gasteiger charge is -2.35. The molecule has 1 heterocycles. The van der Waals surface area contributed by atoms with Gasteiger partial charge < -0.3 is 10.1 Å². The van der Waals surface area contributed by atoms with Gasteiger partial charge in [-0.3, -0.25) is 19.9 Å². The Morgan fingerprint density at radius 3 is 2.88 bits per heavy atom. The Bertz CT molecular complexity index is 285. The van der Waals surface area contributed by atoms with E-state index >= 15 is 0 Å². The number of nitrogens with two attached hydrogens (primary N) is 1. The van der Waals surface area contributed by atoms with Crippen molar-refractivity contribution < 1.29 is 14.3 Å². The predicted molar refractivity (Wildman–Crippen MR) is 61.7 cm³/mol. The fourth-order valence-corrected chi connectivity index (χ4v) is 1.84. The molecule has 0 aromatic rings. The number of hydrogen-bond donors (Lipinski definition) is 3. The second kappa shape index (κ2) is 6.53. The van der Waals surface area contributed by atoms with Crippen molar-refractivity contribution in [3.8, 4) is 0 Å². The van der Waals surface area contributed by atoms with Gasteiger partial charge in [0.25, 0.3) is 0 Å². The van der Waals surface area contributed by atoms with Gasteiger partial charge in [0.2, 0.25) is 11.8 Å². The van der Waals surface area contributed by atoms with Crippen molar-refractivity contribution >= 4 is 11.8 Å². The van der Waals surface area contributed by atoms with E-state index in [2.05, 4.69) is 10.7 Å². The van der Waals surface area contributed by atoms with Gasteiger partial charge in [-0.15, -0.1) is 0 Å². The fourth-order valence-electron chi connectivity index (χ4n) is 1.84. The second-order valence-corrected chi connectivity index (χ2v) is 4.11. The first kappa shape index (κ1) is 13.9. The van der Waals surface area contributed by atoms with E-state index in [1.54, 1.807) is 14.0 Å². The number of carbonyl (C=O) groups excluding carboxylic acids is 2. The molecule has 1 rings (SSSR count). The summed E-state index contributed by atoms with van der Waals surface area (Å²) in [6.07, 6.45) is 0. The molecule has 1 aliphatic heterocycles. The first-order valence-electron chi connectivity index (χ1n) is 5.64.